The minimum absolute atomic E-state index is 0.326. The number of benzene rings is 1. The number of aryl methyl sites for hydroxylation is 2. The lowest BCUT2D eigenvalue weighted by atomic mass is 10.3. The maximum Gasteiger partial charge on any atom is 0.151 e. The van der Waals surface area contributed by atoms with Gasteiger partial charge in [0.25, 0.3) is 0 Å². The number of anilines is 1. The first kappa shape index (κ1) is 11.7. The van der Waals surface area contributed by atoms with Crippen LogP contribution in [0.4, 0.5) is 10.2 Å². The monoisotopic (exact) mass is 259 g/mol. The zero-order valence-corrected chi connectivity index (χ0v) is 10.8. The summed E-state index contributed by atoms with van der Waals surface area (Å²) in [5, 5.41) is 4.11. The normalized spacial score (nSPS) is 11.3. The van der Waals surface area contributed by atoms with E-state index in [0.29, 0.717) is 23.7 Å². The smallest absolute Gasteiger partial charge is 0.151 e. The zero-order chi connectivity index (χ0) is 13.6. The van der Waals surface area contributed by atoms with E-state index in [0.717, 1.165) is 11.1 Å². The van der Waals surface area contributed by atoms with Crippen molar-refractivity contribution in [2.45, 2.75) is 13.5 Å². The molecule has 19 heavy (non-hydrogen) atoms. The van der Waals surface area contributed by atoms with Gasteiger partial charge in [0.05, 0.1) is 17.3 Å². The van der Waals surface area contributed by atoms with Crippen molar-refractivity contribution < 1.29 is 4.39 Å². The van der Waals surface area contributed by atoms with Crippen LogP contribution in [-0.2, 0) is 13.6 Å². The lowest BCUT2D eigenvalue weighted by molar-refractivity contribution is 0.637. The molecule has 0 amide bonds. The summed E-state index contributed by atoms with van der Waals surface area (Å²) in [7, 11) is 1.76. The van der Waals surface area contributed by atoms with Gasteiger partial charge in [-0.1, -0.05) is 6.07 Å². The number of imidazole rings is 1. The molecule has 98 valence electrons. The lowest BCUT2D eigenvalue weighted by Gasteiger charge is -2.05. The number of para-hydroxylation sites is 1. The minimum Gasteiger partial charge on any atom is -0.383 e. The van der Waals surface area contributed by atoms with Gasteiger partial charge in [-0.3, -0.25) is 4.68 Å². The third kappa shape index (κ3) is 1.60. The van der Waals surface area contributed by atoms with Crippen LogP contribution in [0.5, 0.6) is 0 Å². The molecular weight excluding hydrogens is 245 g/mol. The Kier molecular flexibility index (Phi) is 2.51. The summed E-state index contributed by atoms with van der Waals surface area (Å²) in [6.45, 7) is 2.67. The van der Waals surface area contributed by atoms with E-state index in [1.807, 2.05) is 17.6 Å². The molecule has 0 aliphatic rings. The summed E-state index contributed by atoms with van der Waals surface area (Å²) in [4.78, 5) is 4.38. The largest absolute Gasteiger partial charge is 0.383 e. The van der Waals surface area contributed by atoms with Crippen LogP contribution in [0.1, 0.15) is 6.92 Å². The molecule has 0 atom stereocenters. The summed E-state index contributed by atoms with van der Waals surface area (Å²) >= 11 is 0. The van der Waals surface area contributed by atoms with Crippen LogP contribution in [-0.4, -0.2) is 19.3 Å². The number of rotatable bonds is 2. The van der Waals surface area contributed by atoms with Crippen LogP contribution in [0.15, 0.2) is 24.4 Å². The topological polar surface area (TPSA) is 61.7 Å². The molecular formula is C13H14FN5. The molecule has 6 heteroatoms. The van der Waals surface area contributed by atoms with Crippen LogP contribution in [0.25, 0.3) is 22.4 Å². The van der Waals surface area contributed by atoms with Gasteiger partial charge < -0.3 is 10.3 Å². The van der Waals surface area contributed by atoms with Gasteiger partial charge in [-0.15, -0.1) is 0 Å². The number of hydrogen-bond donors (Lipinski definition) is 1. The summed E-state index contributed by atoms with van der Waals surface area (Å²) in [5.74, 6) is 0.840. The molecule has 1 aromatic carbocycles. The number of hydrogen-bond acceptors (Lipinski definition) is 3. The SMILES string of the molecule is CCn1c(-c2cnn(C)c2N)nc2c(F)cccc21. The summed E-state index contributed by atoms with van der Waals surface area (Å²) in [6.07, 6.45) is 1.65. The predicted molar refractivity (Wildman–Crippen MR) is 72.0 cm³/mol. The second-order valence-corrected chi connectivity index (χ2v) is 4.35. The van der Waals surface area contributed by atoms with E-state index in [1.54, 1.807) is 24.0 Å². The first-order valence-corrected chi connectivity index (χ1v) is 6.06. The number of nitrogens with two attached hydrogens (primary N) is 1. The minimum atomic E-state index is -0.326. The molecule has 0 unspecified atom stereocenters. The molecule has 0 saturated carbocycles. The Morgan fingerprint density at radius 2 is 2.16 bits per heavy atom. The molecule has 0 aliphatic carbocycles. The standard InChI is InChI=1S/C13H14FN5/c1-3-19-10-6-4-5-9(14)11(10)17-13(19)8-7-16-18(2)12(8)15/h4-7H,3,15H2,1-2H3. The van der Waals surface area contributed by atoms with Crippen molar-refractivity contribution in [1.29, 1.82) is 0 Å². The molecule has 3 aromatic rings. The maximum absolute atomic E-state index is 13.8. The molecule has 2 heterocycles. The molecule has 0 radical (unpaired) electrons. The highest BCUT2D eigenvalue weighted by atomic mass is 19.1. The van der Waals surface area contributed by atoms with Crippen molar-refractivity contribution in [3.63, 3.8) is 0 Å². The van der Waals surface area contributed by atoms with Gasteiger partial charge in [-0.25, -0.2) is 9.37 Å². The van der Waals surface area contributed by atoms with Gasteiger partial charge in [0.1, 0.15) is 17.2 Å². The third-order valence-electron chi connectivity index (χ3n) is 3.27. The van der Waals surface area contributed by atoms with Gasteiger partial charge in [0, 0.05) is 13.6 Å². The number of nitrogen functional groups attached to an aromatic ring is 1. The molecule has 2 aromatic heterocycles. The fourth-order valence-electron chi connectivity index (χ4n) is 2.26. The van der Waals surface area contributed by atoms with Gasteiger partial charge in [0.15, 0.2) is 5.82 Å². The fourth-order valence-corrected chi connectivity index (χ4v) is 2.26. The van der Waals surface area contributed by atoms with Crippen molar-refractivity contribution >= 4 is 16.9 Å². The number of nitrogens with zero attached hydrogens (tertiary/aromatic N) is 4. The van der Waals surface area contributed by atoms with E-state index < -0.39 is 0 Å². The Balaban J connectivity index is 2.35. The van der Waals surface area contributed by atoms with E-state index in [-0.39, 0.29) is 5.82 Å². The molecule has 0 aliphatic heterocycles. The summed E-state index contributed by atoms with van der Waals surface area (Å²) in [6, 6.07) is 4.94. The number of aromatic nitrogens is 4. The van der Waals surface area contributed by atoms with E-state index in [1.165, 1.54) is 6.07 Å². The Labute approximate surface area is 109 Å². The maximum atomic E-state index is 13.8. The van der Waals surface area contributed by atoms with Crippen LogP contribution >= 0.6 is 0 Å². The Hall–Kier alpha value is -2.37. The summed E-state index contributed by atoms with van der Waals surface area (Å²) < 4.78 is 17.3. The predicted octanol–water partition coefficient (Wildman–Crippen LogP) is 2.18. The highest BCUT2D eigenvalue weighted by Crippen LogP contribution is 2.29. The molecule has 0 saturated heterocycles. The average molecular weight is 259 g/mol. The highest BCUT2D eigenvalue weighted by Gasteiger charge is 2.17. The lowest BCUT2D eigenvalue weighted by Crippen LogP contribution is -2.01. The van der Waals surface area contributed by atoms with Crippen LogP contribution in [0.3, 0.4) is 0 Å². The van der Waals surface area contributed by atoms with Crippen molar-refractivity contribution in [3.8, 4) is 11.4 Å². The first-order valence-electron chi connectivity index (χ1n) is 6.06. The molecule has 0 fully saturated rings. The average Bonchev–Trinajstić information content (AvgIpc) is 2.92. The van der Waals surface area contributed by atoms with Crippen molar-refractivity contribution in [1.82, 2.24) is 19.3 Å². The highest BCUT2D eigenvalue weighted by molar-refractivity contribution is 5.83. The van der Waals surface area contributed by atoms with E-state index in [9.17, 15) is 4.39 Å². The van der Waals surface area contributed by atoms with Crippen molar-refractivity contribution in [3.05, 3.63) is 30.2 Å². The quantitative estimate of drug-likeness (QED) is 0.767. The van der Waals surface area contributed by atoms with Crippen LogP contribution in [0, 0.1) is 5.82 Å². The molecule has 3 rings (SSSR count). The van der Waals surface area contributed by atoms with Gasteiger partial charge >= 0.3 is 0 Å². The fraction of sp³-hybridized carbons (Fsp3) is 0.231. The zero-order valence-electron chi connectivity index (χ0n) is 10.8. The first-order chi connectivity index (χ1) is 9.13. The Morgan fingerprint density at radius 3 is 2.79 bits per heavy atom. The molecule has 2 N–H and O–H groups in total. The molecule has 0 bridgehead atoms. The van der Waals surface area contributed by atoms with E-state index >= 15 is 0 Å². The molecule has 0 spiro atoms. The van der Waals surface area contributed by atoms with E-state index in [4.69, 9.17) is 5.73 Å². The van der Waals surface area contributed by atoms with Gasteiger partial charge in [0.2, 0.25) is 0 Å². The van der Waals surface area contributed by atoms with Crippen LogP contribution < -0.4 is 5.73 Å². The van der Waals surface area contributed by atoms with Crippen LogP contribution in [0.2, 0.25) is 0 Å². The number of fused-ring (bicyclic) bond motifs is 1. The van der Waals surface area contributed by atoms with Crippen molar-refractivity contribution in [2.75, 3.05) is 5.73 Å². The molecule has 5 nitrogen and oxygen atoms in total. The number of halogens is 1. The Morgan fingerprint density at radius 1 is 1.37 bits per heavy atom. The second kappa shape index (κ2) is 4.08. The van der Waals surface area contributed by atoms with Crippen molar-refractivity contribution in [2.24, 2.45) is 7.05 Å². The van der Waals surface area contributed by atoms with Gasteiger partial charge in [-0.2, -0.15) is 5.10 Å². The third-order valence-corrected chi connectivity index (χ3v) is 3.27. The Bertz CT molecular complexity index is 756. The summed E-state index contributed by atoms with van der Waals surface area (Å²) in [5.41, 5.74) is 7.82. The second-order valence-electron chi connectivity index (χ2n) is 4.35. The van der Waals surface area contributed by atoms with E-state index in [2.05, 4.69) is 10.1 Å². The van der Waals surface area contributed by atoms with Gasteiger partial charge in [-0.05, 0) is 19.1 Å².